The van der Waals surface area contributed by atoms with Gasteiger partial charge in [0.25, 0.3) is 5.91 Å². The lowest BCUT2D eigenvalue weighted by molar-refractivity contribution is 0.101. The molecule has 4 aromatic rings. The van der Waals surface area contributed by atoms with Gasteiger partial charge in [-0.2, -0.15) is 5.10 Å². The number of benzene rings is 3. The molecule has 0 unspecified atom stereocenters. The van der Waals surface area contributed by atoms with Crippen LogP contribution in [0.1, 0.15) is 16.1 Å². The molecule has 0 bridgehead atoms. The first-order valence-corrected chi connectivity index (χ1v) is 9.15. The Morgan fingerprint density at radius 2 is 1.66 bits per heavy atom. The highest BCUT2D eigenvalue weighted by Gasteiger charge is 2.17. The standard InChI is InChI=1S/C23H19N3O3/c1-29-18-13-11-16(12-14-18)15-26-20-10-6-5-9-19(20)22(27)21(25-26)23(28)24-17-7-3-2-4-8-17/h2-14H,15H2,1H3,(H,24,28). The van der Waals surface area contributed by atoms with Gasteiger partial charge in [0.2, 0.25) is 5.43 Å². The molecule has 3 aromatic carbocycles. The van der Waals surface area contributed by atoms with E-state index in [1.807, 2.05) is 54.6 Å². The molecule has 0 spiro atoms. The number of hydrogen-bond acceptors (Lipinski definition) is 4. The second-order valence-corrected chi connectivity index (χ2v) is 6.52. The third-order valence-electron chi connectivity index (χ3n) is 4.60. The predicted octanol–water partition coefficient (Wildman–Crippen LogP) is 3.71. The molecule has 1 heterocycles. The largest absolute Gasteiger partial charge is 0.497 e. The predicted molar refractivity (Wildman–Crippen MR) is 112 cm³/mol. The number of ether oxygens (including phenoxy) is 1. The Morgan fingerprint density at radius 3 is 2.38 bits per heavy atom. The van der Waals surface area contributed by atoms with Crippen molar-refractivity contribution >= 4 is 22.5 Å². The Morgan fingerprint density at radius 1 is 0.966 bits per heavy atom. The molecule has 1 amide bonds. The lowest BCUT2D eigenvalue weighted by Crippen LogP contribution is -2.27. The third kappa shape index (κ3) is 3.87. The minimum absolute atomic E-state index is 0.138. The van der Waals surface area contributed by atoms with Crippen LogP contribution in [0.25, 0.3) is 10.9 Å². The lowest BCUT2D eigenvalue weighted by Gasteiger charge is -2.13. The molecule has 0 atom stereocenters. The number of para-hydroxylation sites is 2. The van der Waals surface area contributed by atoms with E-state index in [2.05, 4.69) is 10.4 Å². The van der Waals surface area contributed by atoms with Gasteiger partial charge in [-0.15, -0.1) is 0 Å². The molecule has 0 saturated heterocycles. The van der Waals surface area contributed by atoms with Crippen molar-refractivity contribution in [2.75, 3.05) is 12.4 Å². The van der Waals surface area contributed by atoms with Crippen LogP contribution in [0.2, 0.25) is 0 Å². The zero-order chi connectivity index (χ0) is 20.2. The van der Waals surface area contributed by atoms with E-state index in [4.69, 9.17) is 4.74 Å². The summed E-state index contributed by atoms with van der Waals surface area (Å²) in [5.74, 6) is 0.227. The quantitative estimate of drug-likeness (QED) is 0.568. The molecule has 0 aliphatic heterocycles. The van der Waals surface area contributed by atoms with Crippen molar-refractivity contribution in [1.29, 1.82) is 0 Å². The number of aromatic nitrogens is 2. The minimum Gasteiger partial charge on any atom is -0.497 e. The van der Waals surface area contributed by atoms with Gasteiger partial charge in [-0.25, -0.2) is 0 Å². The van der Waals surface area contributed by atoms with E-state index in [0.717, 1.165) is 11.3 Å². The summed E-state index contributed by atoms with van der Waals surface area (Å²) < 4.78 is 6.87. The van der Waals surface area contributed by atoms with E-state index in [-0.39, 0.29) is 11.1 Å². The molecular formula is C23H19N3O3. The van der Waals surface area contributed by atoms with Gasteiger partial charge in [0.15, 0.2) is 5.69 Å². The zero-order valence-electron chi connectivity index (χ0n) is 15.8. The number of amides is 1. The molecule has 29 heavy (non-hydrogen) atoms. The maximum Gasteiger partial charge on any atom is 0.280 e. The van der Waals surface area contributed by atoms with E-state index < -0.39 is 5.91 Å². The van der Waals surface area contributed by atoms with Crippen molar-refractivity contribution < 1.29 is 9.53 Å². The number of nitrogens with zero attached hydrogens (tertiary/aromatic N) is 2. The van der Waals surface area contributed by atoms with Crippen LogP contribution < -0.4 is 15.5 Å². The third-order valence-corrected chi connectivity index (χ3v) is 4.60. The summed E-state index contributed by atoms with van der Waals surface area (Å²) in [6.07, 6.45) is 0. The average Bonchev–Trinajstić information content (AvgIpc) is 2.77. The lowest BCUT2D eigenvalue weighted by atomic mass is 10.1. The SMILES string of the molecule is COc1ccc(Cn2nc(C(=O)Nc3ccccc3)c(=O)c3ccccc32)cc1. The average molecular weight is 385 g/mol. The van der Waals surface area contributed by atoms with Gasteiger partial charge in [-0.3, -0.25) is 14.3 Å². The van der Waals surface area contributed by atoms with Gasteiger partial charge in [-0.05, 0) is 42.0 Å². The van der Waals surface area contributed by atoms with Gasteiger partial charge < -0.3 is 10.1 Å². The topological polar surface area (TPSA) is 73.2 Å². The molecule has 0 aliphatic carbocycles. The van der Waals surface area contributed by atoms with Crippen molar-refractivity contribution in [1.82, 2.24) is 9.78 Å². The van der Waals surface area contributed by atoms with Crippen LogP contribution >= 0.6 is 0 Å². The number of fused-ring (bicyclic) bond motifs is 1. The van der Waals surface area contributed by atoms with E-state index in [9.17, 15) is 9.59 Å². The molecule has 6 nitrogen and oxygen atoms in total. The van der Waals surface area contributed by atoms with Gasteiger partial charge >= 0.3 is 0 Å². The summed E-state index contributed by atoms with van der Waals surface area (Å²) in [4.78, 5) is 25.7. The Bertz CT molecular complexity index is 1220. The highest BCUT2D eigenvalue weighted by atomic mass is 16.5. The highest BCUT2D eigenvalue weighted by molar-refractivity contribution is 6.04. The molecule has 0 fully saturated rings. The molecule has 1 aromatic heterocycles. The fourth-order valence-electron chi connectivity index (χ4n) is 3.12. The molecule has 144 valence electrons. The molecule has 4 rings (SSSR count). The Labute approximate surface area is 167 Å². The van der Waals surface area contributed by atoms with Gasteiger partial charge in [0.1, 0.15) is 5.75 Å². The number of hydrogen-bond donors (Lipinski definition) is 1. The van der Waals surface area contributed by atoms with Gasteiger partial charge in [-0.1, -0.05) is 42.5 Å². The maximum atomic E-state index is 12.9. The molecular weight excluding hydrogens is 366 g/mol. The van der Waals surface area contributed by atoms with Crippen molar-refractivity contribution in [2.45, 2.75) is 6.54 Å². The van der Waals surface area contributed by atoms with Crippen molar-refractivity contribution in [3.8, 4) is 5.75 Å². The molecule has 0 aliphatic rings. The summed E-state index contributed by atoms with van der Waals surface area (Å²) in [6.45, 7) is 0.413. The molecule has 6 heteroatoms. The van der Waals surface area contributed by atoms with Gasteiger partial charge in [0, 0.05) is 11.1 Å². The summed E-state index contributed by atoms with van der Waals surface area (Å²) >= 11 is 0. The molecule has 1 N–H and O–H groups in total. The van der Waals surface area contributed by atoms with E-state index in [1.54, 1.807) is 36.1 Å². The highest BCUT2D eigenvalue weighted by Crippen LogP contribution is 2.16. The zero-order valence-corrected chi connectivity index (χ0v) is 15.8. The summed E-state index contributed by atoms with van der Waals surface area (Å²) in [5, 5.41) is 7.59. The Balaban J connectivity index is 1.76. The fourth-order valence-corrected chi connectivity index (χ4v) is 3.12. The first-order valence-electron chi connectivity index (χ1n) is 9.15. The van der Waals surface area contributed by atoms with E-state index >= 15 is 0 Å². The van der Waals surface area contributed by atoms with Crippen molar-refractivity contribution in [3.05, 3.63) is 100 Å². The summed E-state index contributed by atoms with van der Waals surface area (Å²) in [7, 11) is 1.61. The first kappa shape index (κ1) is 18.4. The molecule has 0 saturated carbocycles. The van der Waals surface area contributed by atoms with Crippen LogP contribution in [-0.4, -0.2) is 22.8 Å². The number of rotatable bonds is 5. The number of nitrogens with one attached hydrogen (secondary N) is 1. The van der Waals surface area contributed by atoms with Crippen LogP contribution in [0.15, 0.2) is 83.7 Å². The normalized spacial score (nSPS) is 10.7. The molecule has 0 radical (unpaired) electrons. The van der Waals surface area contributed by atoms with Crippen LogP contribution in [0.4, 0.5) is 5.69 Å². The monoisotopic (exact) mass is 385 g/mol. The first-order chi connectivity index (χ1) is 14.2. The van der Waals surface area contributed by atoms with Crippen LogP contribution in [0.3, 0.4) is 0 Å². The smallest absolute Gasteiger partial charge is 0.280 e. The van der Waals surface area contributed by atoms with Crippen LogP contribution in [0.5, 0.6) is 5.75 Å². The van der Waals surface area contributed by atoms with Crippen molar-refractivity contribution in [3.63, 3.8) is 0 Å². The number of methoxy groups -OCH3 is 1. The Kier molecular flexibility index (Phi) is 5.07. The van der Waals surface area contributed by atoms with Gasteiger partial charge in [0.05, 0.1) is 19.2 Å². The Hall–Kier alpha value is -3.93. The number of carbonyl (C=O) groups is 1. The summed E-state index contributed by atoms with van der Waals surface area (Å²) in [6, 6.07) is 23.7. The number of anilines is 1. The number of carbonyl (C=O) groups excluding carboxylic acids is 1. The van der Waals surface area contributed by atoms with Crippen LogP contribution in [-0.2, 0) is 6.54 Å². The maximum absolute atomic E-state index is 12.9. The minimum atomic E-state index is -0.532. The van der Waals surface area contributed by atoms with E-state index in [1.165, 1.54) is 0 Å². The van der Waals surface area contributed by atoms with Crippen LogP contribution in [0, 0.1) is 0 Å². The second-order valence-electron chi connectivity index (χ2n) is 6.52. The summed E-state index contributed by atoms with van der Waals surface area (Å²) in [5.41, 5.74) is 1.72. The van der Waals surface area contributed by atoms with Crippen molar-refractivity contribution in [2.24, 2.45) is 0 Å². The second kappa shape index (κ2) is 7.98. The fraction of sp³-hybridized carbons (Fsp3) is 0.0870. The van der Waals surface area contributed by atoms with E-state index in [0.29, 0.717) is 23.1 Å².